The predicted molar refractivity (Wildman–Crippen MR) is 119 cm³/mol. The van der Waals surface area contributed by atoms with Crippen LogP contribution >= 0.6 is 0 Å². The highest BCUT2D eigenvalue weighted by atomic mass is 16.7. The quantitative estimate of drug-likeness (QED) is 0.478. The van der Waals surface area contributed by atoms with Gasteiger partial charge in [0.1, 0.15) is 6.10 Å². The van der Waals surface area contributed by atoms with Crippen molar-refractivity contribution < 1.29 is 28.5 Å². The molecule has 0 amide bonds. The fraction of sp³-hybridized carbons (Fsp3) is 0.962. The predicted octanol–water partition coefficient (Wildman–Crippen LogP) is 5.12. The van der Waals surface area contributed by atoms with Crippen LogP contribution in [0.5, 0.6) is 0 Å². The Bertz CT molecular complexity index is 593. The molecule has 0 bridgehead atoms. The molecule has 6 nitrogen and oxygen atoms in total. The van der Waals surface area contributed by atoms with Crippen LogP contribution in [0.1, 0.15) is 96.3 Å². The van der Waals surface area contributed by atoms with Crippen LogP contribution in [0.2, 0.25) is 0 Å². The molecule has 3 heterocycles. The van der Waals surface area contributed by atoms with Crippen LogP contribution in [-0.4, -0.2) is 50.1 Å². The fourth-order valence-electron chi connectivity index (χ4n) is 6.82. The number of fused-ring (bicyclic) bond motifs is 1. The van der Waals surface area contributed by atoms with Crippen LogP contribution in [0.3, 0.4) is 0 Å². The molecular formula is C26H42O6. The molecule has 5 rings (SSSR count). The molecule has 5 fully saturated rings. The lowest BCUT2D eigenvalue weighted by molar-refractivity contribution is -0.207. The van der Waals surface area contributed by atoms with Crippen LogP contribution in [0.15, 0.2) is 0 Å². The molecular weight excluding hydrogens is 408 g/mol. The molecule has 0 aromatic rings. The van der Waals surface area contributed by atoms with Crippen LogP contribution in [0.25, 0.3) is 0 Å². The van der Waals surface area contributed by atoms with E-state index in [4.69, 9.17) is 23.7 Å². The Morgan fingerprint density at radius 3 is 2.31 bits per heavy atom. The topological polar surface area (TPSA) is 63.2 Å². The van der Waals surface area contributed by atoms with Gasteiger partial charge in [0.05, 0.1) is 18.6 Å². The molecule has 182 valence electrons. The zero-order valence-corrected chi connectivity index (χ0v) is 19.6. The summed E-state index contributed by atoms with van der Waals surface area (Å²) >= 11 is 0. The van der Waals surface area contributed by atoms with Gasteiger partial charge in [-0.15, -0.1) is 0 Å². The Labute approximate surface area is 193 Å². The van der Waals surface area contributed by atoms with E-state index in [1.54, 1.807) is 0 Å². The molecule has 5 aliphatic rings. The van der Waals surface area contributed by atoms with Crippen LogP contribution in [-0.2, 0) is 28.5 Å². The molecule has 0 N–H and O–H groups in total. The number of hydrogen-bond donors (Lipinski definition) is 0. The van der Waals surface area contributed by atoms with Crippen molar-refractivity contribution in [2.75, 3.05) is 13.2 Å². The number of carbonyl (C=O) groups is 1. The SMILES string of the molecule is O=C1C[C@@H]2[C@@H](CC[C@H](OC3CCCCO3)C3CCCCC3)[C@H](OC3CCCCO3)C[C@@H]2O1. The van der Waals surface area contributed by atoms with Crippen molar-refractivity contribution in [2.24, 2.45) is 17.8 Å². The minimum absolute atomic E-state index is 0.0248. The smallest absolute Gasteiger partial charge is 0.306 e. The number of hydrogen-bond acceptors (Lipinski definition) is 6. The summed E-state index contributed by atoms with van der Waals surface area (Å²) in [5.41, 5.74) is 0. The van der Waals surface area contributed by atoms with Crippen molar-refractivity contribution in [1.29, 1.82) is 0 Å². The van der Waals surface area contributed by atoms with Gasteiger partial charge < -0.3 is 23.7 Å². The van der Waals surface area contributed by atoms with Crippen LogP contribution in [0.4, 0.5) is 0 Å². The molecule has 3 aliphatic heterocycles. The molecule has 0 aromatic carbocycles. The Kier molecular flexibility index (Phi) is 8.04. The average Bonchev–Trinajstić information content (AvgIpc) is 3.34. The monoisotopic (exact) mass is 450 g/mol. The Balaban J connectivity index is 1.23. The average molecular weight is 451 g/mol. The maximum Gasteiger partial charge on any atom is 0.306 e. The van der Waals surface area contributed by atoms with E-state index in [-0.39, 0.29) is 42.8 Å². The zero-order valence-electron chi connectivity index (χ0n) is 19.6. The third-order valence-corrected chi connectivity index (χ3v) is 8.54. The van der Waals surface area contributed by atoms with Gasteiger partial charge in [-0.1, -0.05) is 19.3 Å². The number of rotatable bonds is 8. The first-order valence-corrected chi connectivity index (χ1v) is 13.5. The summed E-state index contributed by atoms with van der Waals surface area (Å²) < 4.78 is 30.6. The van der Waals surface area contributed by atoms with Gasteiger partial charge in [0.25, 0.3) is 0 Å². The van der Waals surface area contributed by atoms with E-state index in [9.17, 15) is 4.79 Å². The number of esters is 1. The van der Waals surface area contributed by atoms with Gasteiger partial charge >= 0.3 is 5.97 Å². The van der Waals surface area contributed by atoms with Gasteiger partial charge in [0.2, 0.25) is 0 Å². The molecule has 0 radical (unpaired) electrons. The molecule has 32 heavy (non-hydrogen) atoms. The molecule has 2 unspecified atom stereocenters. The number of carbonyl (C=O) groups excluding carboxylic acids is 1. The summed E-state index contributed by atoms with van der Waals surface area (Å²) in [6, 6.07) is 0. The Morgan fingerprint density at radius 1 is 0.875 bits per heavy atom. The Morgan fingerprint density at radius 2 is 1.59 bits per heavy atom. The zero-order chi connectivity index (χ0) is 21.8. The lowest BCUT2D eigenvalue weighted by Crippen LogP contribution is -2.35. The third-order valence-electron chi connectivity index (χ3n) is 8.54. The minimum atomic E-state index is -0.0909. The van der Waals surface area contributed by atoms with Crippen molar-refractivity contribution in [3.8, 4) is 0 Å². The van der Waals surface area contributed by atoms with E-state index >= 15 is 0 Å². The molecule has 7 atom stereocenters. The lowest BCUT2D eigenvalue weighted by Gasteiger charge is -2.36. The molecule has 0 spiro atoms. The van der Waals surface area contributed by atoms with E-state index in [2.05, 4.69) is 0 Å². The number of ether oxygens (including phenoxy) is 5. The summed E-state index contributed by atoms with van der Waals surface area (Å²) in [6.45, 7) is 1.62. The Hall–Kier alpha value is -0.690. The highest BCUT2D eigenvalue weighted by Crippen LogP contribution is 2.46. The summed E-state index contributed by atoms with van der Waals surface area (Å²) in [4.78, 5) is 12.0. The molecule has 0 aromatic heterocycles. The summed E-state index contributed by atoms with van der Waals surface area (Å²) in [6.07, 6.45) is 16.9. The van der Waals surface area contributed by atoms with Crippen LogP contribution in [0, 0.1) is 17.8 Å². The van der Waals surface area contributed by atoms with Crippen LogP contribution < -0.4 is 0 Å². The van der Waals surface area contributed by atoms with E-state index in [0.717, 1.165) is 58.2 Å². The minimum Gasteiger partial charge on any atom is -0.462 e. The molecule has 2 saturated carbocycles. The van der Waals surface area contributed by atoms with Gasteiger partial charge in [-0.05, 0) is 76.0 Å². The van der Waals surface area contributed by atoms with Crippen molar-refractivity contribution in [3.05, 3.63) is 0 Å². The highest BCUT2D eigenvalue weighted by molar-refractivity contribution is 5.72. The second-order valence-corrected chi connectivity index (χ2v) is 10.7. The first-order chi connectivity index (χ1) is 15.8. The van der Waals surface area contributed by atoms with Gasteiger partial charge in [-0.3, -0.25) is 4.79 Å². The fourth-order valence-corrected chi connectivity index (χ4v) is 6.82. The van der Waals surface area contributed by atoms with E-state index in [0.29, 0.717) is 18.3 Å². The molecule has 2 aliphatic carbocycles. The largest absolute Gasteiger partial charge is 0.462 e. The normalized spacial score (nSPS) is 39.6. The second kappa shape index (κ2) is 11.2. The van der Waals surface area contributed by atoms with Gasteiger partial charge in [0.15, 0.2) is 12.6 Å². The van der Waals surface area contributed by atoms with Gasteiger partial charge in [0, 0.05) is 25.6 Å². The van der Waals surface area contributed by atoms with Gasteiger partial charge in [-0.25, -0.2) is 0 Å². The van der Waals surface area contributed by atoms with E-state index in [1.165, 1.54) is 44.9 Å². The lowest BCUT2D eigenvalue weighted by atomic mass is 9.80. The highest BCUT2D eigenvalue weighted by Gasteiger charge is 2.51. The summed E-state index contributed by atoms with van der Waals surface area (Å²) in [7, 11) is 0. The van der Waals surface area contributed by atoms with Crippen molar-refractivity contribution >= 4 is 5.97 Å². The summed E-state index contributed by atoms with van der Waals surface area (Å²) in [5, 5.41) is 0. The first kappa shape index (κ1) is 23.1. The maximum absolute atomic E-state index is 12.0. The van der Waals surface area contributed by atoms with Crippen molar-refractivity contribution in [3.63, 3.8) is 0 Å². The third kappa shape index (κ3) is 5.68. The standard InChI is InChI=1S/C26H42O6/c27-24-16-20-19(22(17-23(20)30-24)32-26-11-5-7-15-29-26)12-13-21(18-8-2-1-3-9-18)31-25-10-4-6-14-28-25/h18-23,25-26H,1-17H2/t19-,20-,21+,22-,23+,25?,26?/m1/s1. The van der Waals surface area contributed by atoms with Crippen molar-refractivity contribution in [1.82, 2.24) is 0 Å². The summed E-state index contributed by atoms with van der Waals surface area (Å²) in [5.74, 6) is 1.23. The van der Waals surface area contributed by atoms with E-state index in [1.807, 2.05) is 0 Å². The molecule has 3 saturated heterocycles. The van der Waals surface area contributed by atoms with Gasteiger partial charge in [-0.2, -0.15) is 0 Å². The maximum atomic E-state index is 12.0. The molecule has 6 heteroatoms. The first-order valence-electron chi connectivity index (χ1n) is 13.5. The second-order valence-electron chi connectivity index (χ2n) is 10.7. The van der Waals surface area contributed by atoms with E-state index < -0.39 is 0 Å². The van der Waals surface area contributed by atoms with Crippen molar-refractivity contribution in [2.45, 2.75) is 127 Å².